The quantitative estimate of drug-likeness (QED) is 0.495. The maximum absolute atomic E-state index is 11.1. The van der Waals surface area contributed by atoms with Crippen molar-refractivity contribution in [3.8, 4) is 5.75 Å². The molecule has 1 aromatic carbocycles. The molecule has 1 aromatic heterocycles. The van der Waals surface area contributed by atoms with Gasteiger partial charge >= 0.3 is 5.97 Å². The normalized spacial score (nSPS) is 30.5. The zero-order chi connectivity index (χ0) is 17.6. The summed E-state index contributed by atoms with van der Waals surface area (Å²) < 4.78 is 11.2. The van der Waals surface area contributed by atoms with E-state index in [-0.39, 0.29) is 5.75 Å². The lowest BCUT2D eigenvalue weighted by molar-refractivity contribution is -0.270. The molecular weight excluding hydrogens is 410 g/mol. The minimum Gasteiger partial charge on any atom is -0.479 e. The van der Waals surface area contributed by atoms with Crippen LogP contribution in [0.5, 0.6) is 5.75 Å². The van der Waals surface area contributed by atoms with Crippen LogP contribution in [-0.2, 0) is 9.53 Å². The van der Waals surface area contributed by atoms with Gasteiger partial charge in [0.05, 0.1) is 15.9 Å². The standard InChI is InChI=1S/C14H13BrClNO7/c15-4-1-2-5-7(8(4)16)6(3-17-5)23-14-11(20)9(18)10(19)12(24-14)13(21)22/h1-3,9-12,14,17-20H,(H,21,22)/t9-,10-,11+,12-,14-/m1/s1. The fraction of sp³-hybridized carbons (Fsp3) is 0.357. The number of benzene rings is 1. The van der Waals surface area contributed by atoms with Crippen LogP contribution in [-0.4, -0.2) is 62.1 Å². The summed E-state index contributed by atoms with van der Waals surface area (Å²) in [5.41, 5.74) is 0.652. The van der Waals surface area contributed by atoms with Crippen molar-refractivity contribution < 1.29 is 34.7 Å². The van der Waals surface area contributed by atoms with Crippen LogP contribution in [0.4, 0.5) is 0 Å². The number of rotatable bonds is 3. The molecule has 5 N–H and O–H groups in total. The van der Waals surface area contributed by atoms with Crippen molar-refractivity contribution in [1.82, 2.24) is 4.98 Å². The summed E-state index contributed by atoms with van der Waals surface area (Å²) >= 11 is 9.51. The second kappa shape index (κ2) is 6.51. The molecule has 0 saturated carbocycles. The average molecular weight is 423 g/mol. The third kappa shape index (κ3) is 2.87. The van der Waals surface area contributed by atoms with Crippen molar-refractivity contribution in [3.05, 3.63) is 27.8 Å². The van der Waals surface area contributed by atoms with E-state index in [4.69, 9.17) is 26.2 Å². The van der Waals surface area contributed by atoms with Crippen LogP contribution in [0.2, 0.25) is 5.02 Å². The van der Waals surface area contributed by atoms with Gasteiger partial charge in [0.25, 0.3) is 0 Å². The van der Waals surface area contributed by atoms with Crippen LogP contribution in [0, 0.1) is 0 Å². The van der Waals surface area contributed by atoms with Crippen molar-refractivity contribution in [1.29, 1.82) is 0 Å². The molecule has 3 rings (SSSR count). The first kappa shape index (κ1) is 17.5. The molecule has 0 radical (unpaired) electrons. The number of H-pyrrole nitrogens is 1. The number of nitrogens with one attached hydrogen (secondary N) is 1. The number of aromatic nitrogens is 1. The van der Waals surface area contributed by atoms with E-state index in [2.05, 4.69) is 20.9 Å². The highest BCUT2D eigenvalue weighted by molar-refractivity contribution is 9.10. The summed E-state index contributed by atoms with van der Waals surface area (Å²) in [5, 5.41) is 39.4. The molecule has 10 heteroatoms. The number of ether oxygens (including phenoxy) is 2. The molecule has 0 unspecified atom stereocenters. The van der Waals surface area contributed by atoms with E-state index in [1.807, 2.05) is 0 Å². The van der Waals surface area contributed by atoms with Crippen molar-refractivity contribution in [2.75, 3.05) is 0 Å². The van der Waals surface area contributed by atoms with Crippen LogP contribution in [0.3, 0.4) is 0 Å². The fourth-order valence-electron chi connectivity index (χ4n) is 2.49. The van der Waals surface area contributed by atoms with E-state index in [9.17, 15) is 20.1 Å². The lowest BCUT2D eigenvalue weighted by atomic mass is 9.99. The zero-order valence-corrected chi connectivity index (χ0v) is 14.2. The minimum atomic E-state index is -1.78. The Balaban J connectivity index is 1.93. The third-order valence-corrected chi connectivity index (χ3v) is 5.04. The molecule has 1 saturated heterocycles. The fourth-order valence-corrected chi connectivity index (χ4v) is 3.08. The number of fused-ring (bicyclic) bond motifs is 1. The van der Waals surface area contributed by atoms with Crippen molar-refractivity contribution in [2.45, 2.75) is 30.7 Å². The Morgan fingerprint density at radius 2 is 1.96 bits per heavy atom. The van der Waals surface area contributed by atoms with Crippen LogP contribution in [0.15, 0.2) is 22.8 Å². The van der Waals surface area contributed by atoms with E-state index in [1.165, 1.54) is 6.20 Å². The number of hydrogen-bond donors (Lipinski definition) is 5. The van der Waals surface area contributed by atoms with Crippen LogP contribution in [0.1, 0.15) is 0 Å². The first-order valence-corrected chi connectivity index (χ1v) is 8.02. The number of aromatic amines is 1. The first-order chi connectivity index (χ1) is 11.3. The summed E-state index contributed by atoms with van der Waals surface area (Å²) in [6.45, 7) is 0. The first-order valence-electron chi connectivity index (χ1n) is 6.85. The van der Waals surface area contributed by atoms with Gasteiger partial charge in [-0.25, -0.2) is 4.79 Å². The van der Waals surface area contributed by atoms with Gasteiger partial charge in [0.15, 0.2) is 6.10 Å². The van der Waals surface area contributed by atoms with Crippen LogP contribution < -0.4 is 4.74 Å². The third-order valence-electron chi connectivity index (χ3n) is 3.76. The molecule has 8 nitrogen and oxygen atoms in total. The van der Waals surface area contributed by atoms with Gasteiger partial charge in [-0.3, -0.25) is 0 Å². The predicted octanol–water partition coefficient (Wildman–Crippen LogP) is 0.855. The molecule has 130 valence electrons. The molecule has 0 spiro atoms. The number of halogens is 2. The smallest absolute Gasteiger partial charge is 0.335 e. The molecular formula is C14H13BrClNO7. The summed E-state index contributed by atoms with van der Waals surface area (Å²) in [7, 11) is 0. The van der Waals surface area contributed by atoms with Gasteiger partial charge in [-0.05, 0) is 28.1 Å². The Hall–Kier alpha value is -1.36. The van der Waals surface area contributed by atoms with Gasteiger partial charge in [-0.1, -0.05) is 11.6 Å². The highest BCUT2D eigenvalue weighted by Crippen LogP contribution is 2.38. The number of aliphatic carboxylic acids is 1. The summed E-state index contributed by atoms with van der Waals surface area (Å²) in [6.07, 6.45) is -6.94. The monoisotopic (exact) mass is 421 g/mol. The second-order valence-electron chi connectivity index (χ2n) is 5.29. The van der Waals surface area contributed by atoms with E-state index < -0.39 is 36.7 Å². The molecule has 5 atom stereocenters. The van der Waals surface area contributed by atoms with Crippen LogP contribution >= 0.6 is 27.5 Å². The van der Waals surface area contributed by atoms with E-state index in [0.29, 0.717) is 20.4 Å². The summed E-state index contributed by atoms with van der Waals surface area (Å²) in [6, 6.07) is 3.48. The number of carboxylic acids is 1. The van der Waals surface area contributed by atoms with E-state index in [0.717, 1.165) is 0 Å². The number of carboxylic acid groups (broad SMARTS) is 1. The molecule has 1 fully saturated rings. The van der Waals surface area contributed by atoms with Gasteiger partial charge < -0.3 is 34.9 Å². The highest BCUT2D eigenvalue weighted by atomic mass is 79.9. The molecule has 0 bridgehead atoms. The van der Waals surface area contributed by atoms with E-state index >= 15 is 0 Å². The molecule has 0 aliphatic carbocycles. The van der Waals surface area contributed by atoms with E-state index in [1.54, 1.807) is 12.1 Å². The lowest BCUT2D eigenvalue weighted by Crippen LogP contribution is -2.61. The van der Waals surface area contributed by atoms with Gasteiger partial charge in [-0.15, -0.1) is 0 Å². The van der Waals surface area contributed by atoms with Crippen LogP contribution in [0.25, 0.3) is 10.9 Å². The van der Waals surface area contributed by atoms with Gasteiger partial charge in [0, 0.05) is 10.7 Å². The molecule has 1 aliphatic rings. The lowest BCUT2D eigenvalue weighted by Gasteiger charge is -2.38. The Kier molecular flexibility index (Phi) is 4.73. The van der Waals surface area contributed by atoms with Gasteiger partial charge in [0.1, 0.15) is 24.1 Å². The topological polar surface area (TPSA) is 132 Å². The molecule has 2 heterocycles. The Morgan fingerprint density at radius 1 is 1.25 bits per heavy atom. The van der Waals surface area contributed by atoms with Crippen molar-refractivity contribution in [2.24, 2.45) is 0 Å². The Morgan fingerprint density at radius 3 is 2.62 bits per heavy atom. The average Bonchev–Trinajstić information content (AvgIpc) is 2.94. The molecule has 1 aliphatic heterocycles. The molecule has 24 heavy (non-hydrogen) atoms. The van der Waals surface area contributed by atoms with Crippen molar-refractivity contribution in [3.63, 3.8) is 0 Å². The number of aliphatic hydroxyl groups excluding tert-OH is 3. The van der Waals surface area contributed by atoms with Gasteiger partial charge in [-0.2, -0.15) is 0 Å². The Bertz CT molecular complexity index is 782. The number of aliphatic hydroxyl groups is 3. The van der Waals surface area contributed by atoms with Gasteiger partial charge in [0.2, 0.25) is 6.29 Å². The Labute approximate surface area is 148 Å². The van der Waals surface area contributed by atoms with Crippen molar-refractivity contribution >= 4 is 44.4 Å². The highest BCUT2D eigenvalue weighted by Gasteiger charge is 2.48. The SMILES string of the molecule is O=C(O)[C@@H]1O[C@@H](Oc2c[nH]c3ccc(Br)c(Cl)c23)[C@@H](O)[C@H](O)[C@H]1O. The summed E-state index contributed by atoms with van der Waals surface area (Å²) in [4.78, 5) is 14.0. The summed E-state index contributed by atoms with van der Waals surface area (Å²) in [5.74, 6) is -1.28. The largest absolute Gasteiger partial charge is 0.479 e. The number of hydrogen-bond acceptors (Lipinski definition) is 6. The maximum Gasteiger partial charge on any atom is 0.335 e. The predicted molar refractivity (Wildman–Crippen MR) is 86.0 cm³/mol. The molecule has 0 amide bonds. The number of carbonyl (C=O) groups is 1. The second-order valence-corrected chi connectivity index (χ2v) is 6.52. The molecule has 2 aromatic rings. The zero-order valence-electron chi connectivity index (χ0n) is 11.9. The minimum absolute atomic E-state index is 0.202. The maximum atomic E-state index is 11.1.